The molecule has 1 aromatic rings. The lowest BCUT2D eigenvalue weighted by Gasteiger charge is -2.30. The van der Waals surface area contributed by atoms with Crippen molar-refractivity contribution in [1.29, 1.82) is 0 Å². The summed E-state index contributed by atoms with van der Waals surface area (Å²) in [5.41, 5.74) is 1.48. The first-order valence-electron chi connectivity index (χ1n) is 6.99. The van der Waals surface area contributed by atoms with Gasteiger partial charge in [-0.15, -0.1) is 23.7 Å². The third kappa shape index (κ3) is 4.71. The average molecular weight is 366 g/mol. The summed E-state index contributed by atoms with van der Waals surface area (Å²) in [5, 5.41) is 5.76. The zero-order chi connectivity index (χ0) is 12.4. The minimum Gasteiger partial charge on any atom is -0.317 e. The van der Waals surface area contributed by atoms with Gasteiger partial charge in [-0.1, -0.05) is 0 Å². The van der Waals surface area contributed by atoms with Crippen LogP contribution in [0.15, 0.2) is 15.2 Å². The number of piperidine rings is 1. The van der Waals surface area contributed by atoms with Crippen LogP contribution in [-0.4, -0.2) is 30.6 Å². The molecule has 2 fully saturated rings. The molecule has 5 heteroatoms. The number of nitrogens with zero attached hydrogens (tertiary/aromatic N) is 1. The minimum absolute atomic E-state index is 0. The molecule has 1 aromatic heterocycles. The Bertz CT molecular complexity index is 389. The van der Waals surface area contributed by atoms with Gasteiger partial charge in [-0.2, -0.15) is 0 Å². The maximum absolute atomic E-state index is 3.56. The van der Waals surface area contributed by atoms with Gasteiger partial charge in [0.15, 0.2) is 0 Å². The van der Waals surface area contributed by atoms with Crippen molar-refractivity contribution in [2.24, 2.45) is 5.92 Å². The first-order valence-corrected chi connectivity index (χ1v) is 8.66. The molecule has 2 heterocycles. The molecule has 0 aromatic carbocycles. The molecule has 2 aliphatic rings. The van der Waals surface area contributed by atoms with Crippen molar-refractivity contribution in [2.75, 3.05) is 19.6 Å². The van der Waals surface area contributed by atoms with Gasteiger partial charge in [0.2, 0.25) is 0 Å². The van der Waals surface area contributed by atoms with Crippen molar-refractivity contribution in [1.82, 2.24) is 10.2 Å². The van der Waals surface area contributed by atoms with Crippen LogP contribution in [0.5, 0.6) is 0 Å². The Kier molecular flexibility index (Phi) is 6.15. The van der Waals surface area contributed by atoms with Gasteiger partial charge in [-0.05, 0) is 77.6 Å². The highest BCUT2D eigenvalue weighted by atomic mass is 79.9. The lowest BCUT2D eigenvalue weighted by atomic mass is 9.97. The highest BCUT2D eigenvalue weighted by Crippen LogP contribution is 2.31. The normalized spacial score (nSPS) is 20.5. The maximum Gasteiger partial charge on any atom is 0.0701 e. The molecule has 1 saturated carbocycles. The number of halogens is 2. The van der Waals surface area contributed by atoms with Crippen molar-refractivity contribution in [3.8, 4) is 0 Å². The molecule has 3 rings (SSSR count). The van der Waals surface area contributed by atoms with E-state index in [2.05, 4.69) is 37.6 Å². The van der Waals surface area contributed by atoms with Crippen LogP contribution in [0.2, 0.25) is 0 Å². The van der Waals surface area contributed by atoms with E-state index in [1.807, 2.05) is 0 Å². The Morgan fingerprint density at radius 1 is 1.26 bits per heavy atom. The summed E-state index contributed by atoms with van der Waals surface area (Å²) in [7, 11) is 0. The SMILES string of the molecule is Brc1cc(CN(CC2CCNCC2)C2CC2)cs1.Cl. The fourth-order valence-electron chi connectivity index (χ4n) is 2.84. The monoisotopic (exact) mass is 364 g/mol. The van der Waals surface area contributed by atoms with Crippen molar-refractivity contribution in [3.63, 3.8) is 0 Å². The van der Waals surface area contributed by atoms with Crippen LogP contribution in [-0.2, 0) is 6.54 Å². The number of hydrogen-bond acceptors (Lipinski definition) is 3. The molecule has 0 unspecified atom stereocenters. The van der Waals surface area contributed by atoms with Crippen molar-refractivity contribution in [2.45, 2.75) is 38.3 Å². The largest absolute Gasteiger partial charge is 0.317 e. The van der Waals surface area contributed by atoms with Gasteiger partial charge in [-0.3, -0.25) is 4.90 Å². The number of hydrogen-bond donors (Lipinski definition) is 1. The van der Waals surface area contributed by atoms with Crippen molar-refractivity contribution >= 4 is 39.7 Å². The smallest absolute Gasteiger partial charge is 0.0701 e. The average Bonchev–Trinajstić information content (AvgIpc) is 3.15. The molecular formula is C14H22BrClN2S. The molecule has 0 spiro atoms. The second-order valence-electron chi connectivity index (χ2n) is 5.61. The first kappa shape index (κ1) is 15.8. The van der Waals surface area contributed by atoms with E-state index in [0.717, 1.165) is 18.5 Å². The van der Waals surface area contributed by atoms with E-state index in [0.29, 0.717) is 0 Å². The zero-order valence-electron chi connectivity index (χ0n) is 11.1. The Hall–Kier alpha value is 0.390. The molecule has 0 amide bonds. The van der Waals surface area contributed by atoms with Crippen LogP contribution >= 0.6 is 39.7 Å². The van der Waals surface area contributed by atoms with E-state index in [1.54, 1.807) is 11.3 Å². The van der Waals surface area contributed by atoms with E-state index in [1.165, 1.54) is 54.7 Å². The quantitative estimate of drug-likeness (QED) is 0.851. The standard InChI is InChI=1S/C14H21BrN2S.ClH/c15-14-7-12(10-18-14)9-17(13-1-2-13)8-11-3-5-16-6-4-11;/h7,10-11,13,16H,1-6,8-9H2;1H. The number of nitrogens with one attached hydrogen (secondary N) is 1. The summed E-state index contributed by atoms with van der Waals surface area (Å²) >= 11 is 5.37. The summed E-state index contributed by atoms with van der Waals surface area (Å²) in [6.45, 7) is 4.89. The van der Waals surface area contributed by atoms with Crippen molar-refractivity contribution in [3.05, 3.63) is 20.8 Å². The fourth-order valence-corrected chi connectivity index (χ4v) is 4.04. The molecule has 1 aliphatic carbocycles. The molecule has 0 atom stereocenters. The minimum atomic E-state index is 0. The lowest BCUT2D eigenvalue weighted by molar-refractivity contribution is 0.190. The molecule has 1 aliphatic heterocycles. The fraction of sp³-hybridized carbons (Fsp3) is 0.714. The Morgan fingerprint density at radius 2 is 2.00 bits per heavy atom. The Balaban J connectivity index is 0.00000133. The molecule has 1 saturated heterocycles. The second-order valence-corrected chi connectivity index (χ2v) is 7.90. The van der Waals surface area contributed by atoms with Gasteiger partial charge >= 0.3 is 0 Å². The molecule has 0 bridgehead atoms. The predicted molar refractivity (Wildman–Crippen MR) is 88.3 cm³/mol. The van der Waals surface area contributed by atoms with Gasteiger partial charge in [0.05, 0.1) is 3.79 Å². The van der Waals surface area contributed by atoms with Crippen LogP contribution in [0, 0.1) is 5.92 Å². The van der Waals surface area contributed by atoms with Gasteiger partial charge in [0.25, 0.3) is 0 Å². The molecule has 2 nitrogen and oxygen atoms in total. The predicted octanol–water partition coefficient (Wildman–Crippen LogP) is 3.90. The van der Waals surface area contributed by atoms with Gasteiger partial charge in [0.1, 0.15) is 0 Å². The van der Waals surface area contributed by atoms with Gasteiger partial charge in [0, 0.05) is 19.1 Å². The van der Waals surface area contributed by atoms with E-state index >= 15 is 0 Å². The van der Waals surface area contributed by atoms with Crippen LogP contribution in [0.25, 0.3) is 0 Å². The molecule has 19 heavy (non-hydrogen) atoms. The summed E-state index contributed by atoms with van der Waals surface area (Å²) in [6.07, 6.45) is 5.54. The Morgan fingerprint density at radius 3 is 2.58 bits per heavy atom. The van der Waals surface area contributed by atoms with E-state index in [4.69, 9.17) is 0 Å². The first-order chi connectivity index (χ1) is 8.81. The molecule has 108 valence electrons. The lowest BCUT2D eigenvalue weighted by Crippen LogP contribution is -2.36. The van der Waals surface area contributed by atoms with Gasteiger partial charge < -0.3 is 5.32 Å². The molecule has 1 N–H and O–H groups in total. The maximum atomic E-state index is 3.56. The van der Waals surface area contributed by atoms with E-state index in [-0.39, 0.29) is 12.4 Å². The van der Waals surface area contributed by atoms with Crippen LogP contribution in [0.1, 0.15) is 31.2 Å². The topological polar surface area (TPSA) is 15.3 Å². The van der Waals surface area contributed by atoms with E-state index < -0.39 is 0 Å². The zero-order valence-corrected chi connectivity index (χ0v) is 14.3. The summed E-state index contributed by atoms with van der Waals surface area (Å²) in [5.74, 6) is 0.911. The van der Waals surface area contributed by atoms with Crippen molar-refractivity contribution < 1.29 is 0 Å². The second kappa shape index (κ2) is 7.41. The van der Waals surface area contributed by atoms with Crippen LogP contribution in [0.3, 0.4) is 0 Å². The summed E-state index contributed by atoms with van der Waals surface area (Å²) in [6, 6.07) is 3.15. The third-order valence-electron chi connectivity index (χ3n) is 4.02. The third-order valence-corrected chi connectivity index (χ3v) is 5.58. The molecule has 0 radical (unpaired) electrons. The van der Waals surface area contributed by atoms with E-state index in [9.17, 15) is 0 Å². The summed E-state index contributed by atoms with van der Waals surface area (Å²) in [4.78, 5) is 2.73. The highest BCUT2D eigenvalue weighted by molar-refractivity contribution is 9.11. The highest BCUT2D eigenvalue weighted by Gasteiger charge is 2.30. The number of rotatable bonds is 5. The number of thiophene rings is 1. The van der Waals surface area contributed by atoms with Gasteiger partial charge in [-0.25, -0.2) is 0 Å². The Labute approximate surface area is 134 Å². The summed E-state index contributed by atoms with van der Waals surface area (Å²) < 4.78 is 1.26. The van der Waals surface area contributed by atoms with Crippen LogP contribution < -0.4 is 5.32 Å². The molecular weight excluding hydrogens is 344 g/mol. The van der Waals surface area contributed by atoms with Crippen LogP contribution in [0.4, 0.5) is 0 Å².